The van der Waals surface area contributed by atoms with Gasteiger partial charge < -0.3 is 19.3 Å². The number of benzene rings is 2. The zero-order chi connectivity index (χ0) is 24.1. The van der Waals surface area contributed by atoms with E-state index in [9.17, 15) is 4.79 Å². The van der Waals surface area contributed by atoms with E-state index in [0.29, 0.717) is 44.3 Å². The van der Waals surface area contributed by atoms with Gasteiger partial charge in [0.15, 0.2) is 23.9 Å². The number of carbonyl (C=O) groups excluding carboxylic acids is 1. The lowest BCUT2D eigenvalue weighted by atomic mass is 9.99. The normalized spacial score (nSPS) is 13.6. The fourth-order valence-electron chi connectivity index (χ4n) is 4.13. The Labute approximate surface area is 201 Å². The van der Waals surface area contributed by atoms with Crippen molar-refractivity contribution in [3.63, 3.8) is 0 Å². The third-order valence-corrected chi connectivity index (χ3v) is 6.22. The average Bonchev–Trinajstić information content (AvgIpc) is 2.86. The molecule has 0 atom stereocenters. The van der Waals surface area contributed by atoms with Crippen LogP contribution in [0.2, 0.25) is 0 Å². The molecule has 0 radical (unpaired) electrons. The second kappa shape index (κ2) is 10.5. The lowest BCUT2D eigenvalue weighted by molar-refractivity contribution is -0.133. The number of carbonyl (C=O) groups is 1. The molecule has 1 amide bonds. The molecule has 0 saturated carbocycles. The maximum Gasteiger partial charge on any atom is 0.260 e. The third kappa shape index (κ3) is 5.30. The molecule has 34 heavy (non-hydrogen) atoms. The van der Waals surface area contributed by atoms with E-state index in [1.165, 1.54) is 16.7 Å². The highest BCUT2D eigenvalue weighted by molar-refractivity contribution is 5.78. The quantitative estimate of drug-likeness (QED) is 0.527. The minimum atomic E-state index is -0.0300. The van der Waals surface area contributed by atoms with Crippen molar-refractivity contribution in [2.75, 3.05) is 44.3 Å². The van der Waals surface area contributed by atoms with Crippen molar-refractivity contribution >= 4 is 11.7 Å². The van der Waals surface area contributed by atoms with Gasteiger partial charge in [-0.2, -0.15) is 0 Å². The van der Waals surface area contributed by atoms with Gasteiger partial charge in [-0.25, -0.2) is 0 Å². The number of ether oxygens (including phenoxy) is 2. The fourth-order valence-corrected chi connectivity index (χ4v) is 4.13. The summed E-state index contributed by atoms with van der Waals surface area (Å²) in [6.45, 7) is 11.5. The predicted octanol–water partition coefficient (Wildman–Crippen LogP) is 4.20. The second-order valence-electron chi connectivity index (χ2n) is 8.56. The van der Waals surface area contributed by atoms with Crippen molar-refractivity contribution in [3.8, 4) is 22.8 Å². The summed E-state index contributed by atoms with van der Waals surface area (Å²) in [4.78, 5) is 16.7. The van der Waals surface area contributed by atoms with Crippen molar-refractivity contribution in [1.29, 1.82) is 0 Å². The van der Waals surface area contributed by atoms with Gasteiger partial charge in [-0.1, -0.05) is 18.2 Å². The van der Waals surface area contributed by atoms with Crippen LogP contribution in [0, 0.1) is 20.8 Å². The molecule has 4 rings (SSSR count). The lowest BCUT2D eigenvalue weighted by Gasteiger charge is -2.35. The van der Waals surface area contributed by atoms with Gasteiger partial charge >= 0.3 is 0 Å². The standard InChI is InChI=1S/C27H32N4O3/c1-5-33-24-8-6-7-9-25(24)34-18-27(32)31-14-12-30(13-15-31)26-11-10-23(28-29-26)22-17-20(3)19(2)16-21(22)4/h6-11,16-17H,5,12-15,18H2,1-4H3. The molecular formula is C27H32N4O3. The highest BCUT2D eigenvalue weighted by Gasteiger charge is 2.23. The molecule has 7 heteroatoms. The molecule has 0 aliphatic carbocycles. The molecule has 0 spiro atoms. The van der Waals surface area contributed by atoms with Crippen molar-refractivity contribution in [1.82, 2.24) is 15.1 Å². The third-order valence-electron chi connectivity index (χ3n) is 6.22. The van der Waals surface area contributed by atoms with Crippen LogP contribution >= 0.6 is 0 Å². The van der Waals surface area contributed by atoms with Crippen LogP contribution < -0.4 is 14.4 Å². The summed E-state index contributed by atoms with van der Waals surface area (Å²) < 4.78 is 11.3. The largest absolute Gasteiger partial charge is 0.490 e. The number of rotatable bonds is 7. The topological polar surface area (TPSA) is 67.8 Å². The molecule has 178 valence electrons. The van der Waals surface area contributed by atoms with Gasteiger partial charge in [0.25, 0.3) is 5.91 Å². The summed E-state index contributed by atoms with van der Waals surface area (Å²) in [5, 5.41) is 8.97. The van der Waals surface area contributed by atoms with E-state index in [2.05, 4.69) is 48.0 Å². The molecule has 7 nitrogen and oxygen atoms in total. The minimum absolute atomic E-state index is 0.00604. The highest BCUT2D eigenvalue weighted by atomic mass is 16.5. The predicted molar refractivity (Wildman–Crippen MR) is 134 cm³/mol. The molecule has 1 saturated heterocycles. The molecule has 1 aliphatic rings. The Bertz CT molecular complexity index is 1140. The van der Waals surface area contributed by atoms with Crippen molar-refractivity contribution in [2.24, 2.45) is 0 Å². The van der Waals surface area contributed by atoms with Gasteiger partial charge in [-0.3, -0.25) is 4.79 Å². The Kier molecular flexibility index (Phi) is 7.30. The summed E-state index contributed by atoms with van der Waals surface area (Å²) in [5.41, 5.74) is 5.72. The monoisotopic (exact) mass is 460 g/mol. The van der Waals surface area contributed by atoms with Crippen LogP contribution in [0.25, 0.3) is 11.3 Å². The van der Waals surface area contributed by atoms with E-state index in [4.69, 9.17) is 9.47 Å². The number of para-hydroxylation sites is 2. The van der Waals surface area contributed by atoms with Gasteiger partial charge in [-0.15, -0.1) is 10.2 Å². The van der Waals surface area contributed by atoms with E-state index in [-0.39, 0.29) is 12.5 Å². The van der Waals surface area contributed by atoms with Gasteiger partial charge in [0.1, 0.15) is 0 Å². The Morgan fingerprint density at radius 1 is 0.853 bits per heavy atom. The number of aryl methyl sites for hydroxylation is 3. The Morgan fingerprint density at radius 2 is 1.53 bits per heavy atom. The summed E-state index contributed by atoms with van der Waals surface area (Å²) in [6.07, 6.45) is 0. The van der Waals surface area contributed by atoms with Gasteiger partial charge in [0, 0.05) is 31.7 Å². The number of piperazine rings is 1. The van der Waals surface area contributed by atoms with E-state index < -0.39 is 0 Å². The maximum atomic E-state index is 12.7. The zero-order valence-electron chi connectivity index (χ0n) is 20.4. The first-order valence-corrected chi connectivity index (χ1v) is 11.8. The van der Waals surface area contributed by atoms with E-state index >= 15 is 0 Å². The van der Waals surface area contributed by atoms with Crippen LogP contribution in [0.3, 0.4) is 0 Å². The number of hydrogen-bond donors (Lipinski definition) is 0. The molecule has 2 heterocycles. The van der Waals surface area contributed by atoms with Crippen molar-refractivity contribution < 1.29 is 14.3 Å². The Balaban J connectivity index is 1.32. The molecule has 1 aliphatic heterocycles. The lowest BCUT2D eigenvalue weighted by Crippen LogP contribution is -2.50. The van der Waals surface area contributed by atoms with Crippen LogP contribution in [-0.4, -0.2) is 60.4 Å². The van der Waals surface area contributed by atoms with E-state index in [0.717, 1.165) is 17.1 Å². The molecular weight excluding hydrogens is 428 g/mol. The maximum absolute atomic E-state index is 12.7. The van der Waals surface area contributed by atoms with Gasteiger partial charge in [-0.05, 0) is 74.7 Å². The fraction of sp³-hybridized carbons (Fsp3) is 0.370. The zero-order valence-corrected chi connectivity index (χ0v) is 20.4. The van der Waals surface area contributed by atoms with Crippen LogP contribution in [-0.2, 0) is 4.79 Å². The highest BCUT2D eigenvalue weighted by Crippen LogP contribution is 2.27. The smallest absolute Gasteiger partial charge is 0.260 e. The number of nitrogens with zero attached hydrogens (tertiary/aromatic N) is 4. The van der Waals surface area contributed by atoms with E-state index in [1.807, 2.05) is 48.2 Å². The Morgan fingerprint density at radius 3 is 2.18 bits per heavy atom. The van der Waals surface area contributed by atoms with E-state index in [1.54, 1.807) is 0 Å². The number of hydrogen-bond acceptors (Lipinski definition) is 6. The molecule has 2 aromatic carbocycles. The average molecular weight is 461 g/mol. The molecule has 1 aromatic heterocycles. The number of anilines is 1. The van der Waals surface area contributed by atoms with Crippen molar-refractivity contribution in [2.45, 2.75) is 27.7 Å². The summed E-state index contributed by atoms with van der Waals surface area (Å²) >= 11 is 0. The molecule has 1 fully saturated rings. The van der Waals surface area contributed by atoms with Crippen LogP contribution in [0.5, 0.6) is 11.5 Å². The van der Waals surface area contributed by atoms with Gasteiger partial charge in [0.05, 0.1) is 12.3 Å². The molecule has 3 aromatic rings. The summed E-state index contributed by atoms with van der Waals surface area (Å²) in [7, 11) is 0. The molecule has 0 bridgehead atoms. The van der Waals surface area contributed by atoms with Gasteiger partial charge in [0.2, 0.25) is 0 Å². The number of amides is 1. The second-order valence-corrected chi connectivity index (χ2v) is 8.56. The first-order valence-electron chi connectivity index (χ1n) is 11.8. The van der Waals surface area contributed by atoms with Crippen LogP contribution in [0.1, 0.15) is 23.6 Å². The summed E-state index contributed by atoms with van der Waals surface area (Å²) in [6, 6.07) is 15.8. The minimum Gasteiger partial charge on any atom is -0.490 e. The molecule has 0 N–H and O–H groups in total. The van der Waals surface area contributed by atoms with Crippen LogP contribution in [0.4, 0.5) is 5.82 Å². The summed E-state index contributed by atoms with van der Waals surface area (Å²) in [5.74, 6) is 2.04. The Hall–Kier alpha value is -3.61. The number of aromatic nitrogens is 2. The first kappa shape index (κ1) is 23.5. The molecule has 0 unspecified atom stereocenters. The SMILES string of the molecule is CCOc1ccccc1OCC(=O)N1CCN(c2ccc(-c3cc(C)c(C)cc3C)nn2)CC1. The first-order chi connectivity index (χ1) is 16.5. The van der Waals surface area contributed by atoms with Crippen molar-refractivity contribution in [3.05, 3.63) is 65.2 Å². The van der Waals surface area contributed by atoms with Crippen LogP contribution in [0.15, 0.2) is 48.5 Å².